The number of alkyl halides is 1. The first-order valence-corrected chi connectivity index (χ1v) is 8.90. The molecule has 0 aromatic rings. The van der Waals surface area contributed by atoms with Gasteiger partial charge in [0.05, 0.1) is 5.38 Å². The summed E-state index contributed by atoms with van der Waals surface area (Å²) < 4.78 is 0. The Hall–Kier alpha value is -0.300. The van der Waals surface area contributed by atoms with Crippen molar-refractivity contribution in [3.05, 3.63) is 11.6 Å². The van der Waals surface area contributed by atoms with E-state index in [0.717, 1.165) is 30.6 Å². The summed E-state index contributed by atoms with van der Waals surface area (Å²) in [5.74, 6) is 3.47. The third-order valence-corrected chi connectivity index (χ3v) is 7.52. The van der Waals surface area contributed by atoms with Crippen LogP contribution in [0.25, 0.3) is 0 Å². The van der Waals surface area contributed by atoms with Crippen molar-refractivity contribution in [1.82, 2.24) is 0 Å². The van der Waals surface area contributed by atoms with Crippen molar-refractivity contribution in [1.29, 1.82) is 0 Å². The van der Waals surface area contributed by atoms with Gasteiger partial charge in [-0.3, -0.25) is 4.79 Å². The molecule has 3 saturated carbocycles. The Labute approximate surface area is 127 Å². The van der Waals surface area contributed by atoms with E-state index in [4.69, 9.17) is 11.6 Å². The zero-order valence-corrected chi connectivity index (χ0v) is 13.2. The van der Waals surface area contributed by atoms with Gasteiger partial charge in [-0.15, -0.1) is 11.6 Å². The van der Waals surface area contributed by atoms with Gasteiger partial charge in [0, 0.05) is 0 Å². The van der Waals surface area contributed by atoms with Gasteiger partial charge in [-0.25, -0.2) is 0 Å². The second-order valence-electron chi connectivity index (χ2n) is 7.99. The quantitative estimate of drug-likeness (QED) is 0.590. The van der Waals surface area contributed by atoms with Crippen LogP contribution in [-0.4, -0.2) is 11.2 Å². The lowest BCUT2D eigenvalue weighted by atomic mass is 9.52. The maximum absolute atomic E-state index is 11.8. The number of ketones is 1. The molecule has 20 heavy (non-hydrogen) atoms. The lowest BCUT2D eigenvalue weighted by Crippen LogP contribution is -2.45. The van der Waals surface area contributed by atoms with Gasteiger partial charge in [0.25, 0.3) is 0 Å². The highest BCUT2D eigenvalue weighted by atomic mass is 35.5. The average molecular weight is 293 g/mol. The second-order valence-corrected chi connectivity index (χ2v) is 8.52. The summed E-state index contributed by atoms with van der Waals surface area (Å²) in [5, 5.41) is -0.251. The first-order chi connectivity index (χ1) is 9.58. The largest absolute Gasteiger partial charge is 0.293 e. The minimum Gasteiger partial charge on any atom is -0.293 e. The lowest BCUT2D eigenvalue weighted by Gasteiger charge is -2.53. The van der Waals surface area contributed by atoms with E-state index in [1.54, 1.807) is 0 Å². The van der Waals surface area contributed by atoms with Gasteiger partial charge in [-0.2, -0.15) is 0 Å². The van der Waals surface area contributed by atoms with Crippen LogP contribution in [0, 0.1) is 29.1 Å². The molecule has 6 atom stereocenters. The van der Waals surface area contributed by atoms with Crippen molar-refractivity contribution in [3.8, 4) is 0 Å². The van der Waals surface area contributed by atoms with Crippen LogP contribution in [0.4, 0.5) is 0 Å². The van der Waals surface area contributed by atoms with Crippen molar-refractivity contribution in [3.63, 3.8) is 0 Å². The van der Waals surface area contributed by atoms with E-state index in [1.807, 2.05) is 6.08 Å². The fourth-order valence-electron chi connectivity index (χ4n) is 6.14. The molecule has 0 amide bonds. The third-order valence-electron chi connectivity index (χ3n) is 7.13. The highest BCUT2D eigenvalue weighted by molar-refractivity contribution is 6.33. The summed E-state index contributed by atoms with van der Waals surface area (Å²) in [6.07, 6.45) is 12.4. The topological polar surface area (TPSA) is 17.1 Å². The summed E-state index contributed by atoms with van der Waals surface area (Å²) in [6.45, 7) is 2.54. The molecule has 4 aliphatic carbocycles. The van der Waals surface area contributed by atoms with E-state index >= 15 is 0 Å². The molecule has 2 heteroatoms. The monoisotopic (exact) mass is 292 g/mol. The van der Waals surface area contributed by atoms with Crippen LogP contribution in [-0.2, 0) is 4.79 Å². The van der Waals surface area contributed by atoms with E-state index in [2.05, 4.69) is 6.92 Å². The van der Waals surface area contributed by atoms with Crippen molar-refractivity contribution < 1.29 is 4.79 Å². The normalized spacial score (nSPS) is 51.0. The molecule has 0 saturated heterocycles. The van der Waals surface area contributed by atoms with E-state index in [9.17, 15) is 4.79 Å². The molecule has 0 N–H and O–H groups in total. The summed E-state index contributed by atoms with van der Waals surface area (Å²) in [7, 11) is 0. The van der Waals surface area contributed by atoms with Gasteiger partial charge >= 0.3 is 0 Å². The summed E-state index contributed by atoms with van der Waals surface area (Å²) in [4.78, 5) is 11.8. The number of allylic oxidation sites excluding steroid dienone is 1. The van der Waals surface area contributed by atoms with Crippen molar-refractivity contribution in [2.45, 2.75) is 63.7 Å². The Morgan fingerprint density at radius 2 is 2.05 bits per heavy atom. The first-order valence-electron chi connectivity index (χ1n) is 8.47. The number of carbonyl (C=O) groups is 1. The standard InChI is InChI=1S/C18H25ClO/c1-18-7-2-3-15(18)13-5-4-11-9-17(20)16(19)10-14(11)12(13)6-8-18/h9,12-16H,2-8,10H2,1H3/t12-,13+,14-,15-,16?,18-/m0/s1. The Morgan fingerprint density at radius 1 is 1.20 bits per heavy atom. The molecule has 1 unspecified atom stereocenters. The zero-order chi connectivity index (χ0) is 13.9. The molecule has 0 spiro atoms. The van der Waals surface area contributed by atoms with Crippen molar-refractivity contribution in [2.75, 3.05) is 0 Å². The van der Waals surface area contributed by atoms with Crippen LogP contribution in [0.2, 0.25) is 0 Å². The number of hydrogen-bond donors (Lipinski definition) is 0. The lowest BCUT2D eigenvalue weighted by molar-refractivity contribution is -0.115. The number of hydrogen-bond acceptors (Lipinski definition) is 1. The molecule has 1 nitrogen and oxygen atoms in total. The Bertz CT molecular complexity index is 468. The maximum atomic E-state index is 11.8. The van der Waals surface area contributed by atoms with Crippen molar-refractivity contribution >= 4 is 17.4 Å². The van der Waals surface area contributed by atoms with E-state index in [1.165, 1.54) is 44.1 Å². The number of halogens is 1. The van der Waals surface area contributed by atoms with E-state index in [-0.39, 0.29) is 11.2 Å². The van der Waals surface area contributed by atoms with Gasteiger partial charge in [-0.05, 0) is 80.1 Å². The van der Waals surface area contributed by atoms with Gasteiger partial charge < -0.3 is 0 Å². The first kappa shape index (κ1) is 13.4. The summed E-state index contributed by atoms with van der Waals surface area (Å²) in [5.41, 5.74) is 2.07. The Kier molecular flexibility index (Phi) is 3.07. The molecular weight excluding hydrogens is 268 g/mol. The zero-order valence-electron chi connectivity index (χ0n) is 12.4. The van der Waals surface area contributed by atoms with Crippen molar-refractivity contribution in [2.24, 2.45) is 29.1 Å². The number of fused-ring (bicyclic) bond motifs is 5. The molecule has 3 fully saturated rings. The summed E-state index contributed by atoms with van der Waals surface area (Å²) in [6, 6.07) is 0. The van der Waals surface area contributed by atoms with Crippen LogP contribution in [0.3, 0.4) is 0 Å². The smallest absolute Gasteiger partial charge is 0.173 e. The number of carbonyl (C=O) groups excluding carboxylic acids is 1. The molecule has 4 rings (SSSR count). The predicted molar refractivity (Wildman–Crippen MR) is 81.7 cm³/mol. The molecular formula is C18H25ClO. The third kappa shape index (κ3) is 1.85. The van der Waals surface area contributed by atoms with E-state index in [0.29, 0.717) is 11.3 Å². The average Bonchev–Trinajstić information content (AvgIpc) is 2.82. The molecule has 0 heterocycles. The highest BCUT2D eigenvalue weighted by Gasteiger charge is 2.52. The molecule has 0 aromatic heterocycles. The van der Waals surface area contributed by atoms with Crippen LogP contribution < -0.4 is 0 Å². The molecule has 0 bridgehead atoms. The molecule has 0 aromatic carbocycles. The molecule has 110 valence electrons. The highest BCUT2D eigenvalue weighted by Crippen LogP contribution is 2.61. The SMILES string of the molecule is C[C@@]12CCC[C@H]1[C@@H]1CCC3=CC(=O)C(Cl)C[C@@H]3[C@H]1CC2. The second kappa shape index (κ2) is 4.60. The van der Waals surface area contributed by atoms with Crippen LogP contribution in [0.15, 0.2) is 11.6 Å². The Balaban J connectivity index is 1.64. The fourth-order valence-corrected chi connectivity index (χ4v) is 6.39. The molecule has 0 aliphatic heterocycles. The fraction of sp³-hybridized carbons (Fsp3) is 0.833. The molecule has 0 radical (unpaired) electrons. The van der Waals surface area contributed by atoms with Crippen LogP contribution in [0.5, 0.6) is 0 Å². The van der Waals surface area contributed by atoms with Gasteiger partial charge in [0.2, 0.25) is 0 Å². The van der Waals surface area contributed by atoms with Gasteiger partial charge in [0.15, 0.2) is 5.78 Å². The number of rotatable bonds is 0. The van der Waals surface area contributed by atoms with Crippen LogP contribution >= 0.6 is 11.6 Å². The van der Waals surface area contributed by atoms with E-state index < -0.39 is 0 Å². The minimum atomic E-state index is -0.251. The predicted octanol–water partition coefficient (Wildman–Crippen LogP) is 4.74. The van der Waals surface area contributed by atoms with Gasteiger partial charge in [-0.1, -0.05) is 18.9 Å². The maximum Gasteiger partial charge on any atom is 0.173 e. The van der Waals surface area contributed by atoms with Gasteiger partial charge in [0.1, 0.15) is 0 Å². The Morgan fingerprint density at radius 3 is 2.90 bits per heavy atom. The van der Waals surface area contributed by atoms with Crippen LogP contribution in [0.1, 0.15) is 58.3 Å². The minimum absolute atomic E-state index is 0.165. The molecule has 4 aliphatic rings. The summed E-state index contributed by atoms with van der Waals surface area (Å²) >= 11 is 6.26.